The Morgan fingerprint density at radius 2 is 1.82 bits per heavy atom. The number of carbonyl (C=O) groups excluding carboxylic acids is 1. The maximum absolute atomic E-state index is 14.0. The van der Waals surface area contributed by atoms with E-state index in [2.05, 4.69) is 30.9 Å². The lowest BCUT2D eigenvalue weighted by atomic mass is 10.1. The fourth-order valence-electron chi connectivity index (χ4n) is 3.73. The molecule has 12 heteroatoms. The van der Waals surface area contributed by atoms with Gasteiger partial charge in [-0.25, -0.2) is 24.1 Å². The number of carbonyl (C=O) groups is 1. The highest BCUT2D eigenvalue weighted by molar-refractivity contribution is 5.89. The highest BCUT2D eigenvalue weighted by atomic mass is 19.1. The van der Waals surface area contributed by atoms with Crippen LogP contribution >= 0.6 is 0 Å². The fourth-order valence-corrected chi connectivity index (χ4v) is 3.73. The predicted molar refractivity (Wildman–Crippen MR) is 124 cm³/mol. The van der Waals surface area contributed by atoms with E-state index in [4.69, 9.17) is 14.2 Å². The number of hydrogen-bond donors (Lipinski definition) is 4. The van der Waals surface area contributed by atoms with Crippen molar-refractivity contribution in [2.75, 3.05) is 45.1 Å². The Morgan fingerprint density at radius 1 is 1.09 bits per heavy atom. The Kier molecular flexibility index (Phi) is 7.07. The number of hydrogen-bond acceptors (Lipinski definition) is 8. The van der Waals surface area contributed by atoms with Crippen LogP contribution in [0.4, 0.5) is 26.5 Å². The Morgan fingerprint density at radius 3 is 2.50 bits per heavy atom. The molecule has 34 heavy (non-hydrogen) atoms. The van der Waals surface area contributed by atoms with Gasteiger partial charge in [-0.3, -0.25) is 5.32 Å². The molecule has 0 bridgehead atoms. The van der Waals surface area contributed by atoms with Gasteiger partial charge in [0.15, 0.2) is 29.1 Å². The minimum Gasteiger partial charge on any atom is -0.493 e. The number of fused-ring (bicyclic) bond motifs is 1. The van der Waals surface area contributed by atoms with Gasteiger partial charge < -0.3 is 30.2 Å². The molecule has 2 atom stereocenters. The molecule has 0 radical (unpaired) electrons. The van der Waals surface area contributed by atoms with Crippen molar-refractivity contribution >= 4 is 34.5 Å². The number of nitrogens with two attached hydrogens (primary N) is 1. The molecule has 0 aliphatic carbocycles. The summed E-state index contributed by atoms with van der Waals surface area (Å²) in [4.78, 5) is 25.5. The molecule has 0 spiro atoms. The highest BCUT2D eigenvalue weighted by Crippen LogP contribution is 2.40. The van der Waals surface area contributed by atoms with Crippen LogP contribution in [0.5, 0.6) is 17.2 Å². The Balaban J connectivity index is 1.51. The normalized spacial score (nSPS) is 17.6. The van der Waals surface area contributed by atoms with Gasteiger partial charge in [0.05, 0.1) is 40.1 Å². The summed E-state index contributed by atoms with van der Waals surface area (Å²) in [5.41, 5.74) is 1.52. The maximum atomic E-state index is 14.0. The number of alkyl halides is 1. The summed E-state index contributed by atoms with van der Waals surface area (Å²) in [7, 11) is 4.60. The van der Waals surface area contributed by atoms with Gasteiger partial charge in [-0.05, 0) is 12.1 Å². The van der Waals surface area contributed by atoms with E-state index in [0.717, 1.165) is 6.54 Å². The molecule has 1 aliphatic heterocycles. The number of amides is 2. The largest absolute Gasteiger partial charge is 0.493 e. The number of rotatable bonds is 7. The van der Waals surface area contributed by atoms with Crippen LogP contribution in [0.1, 0.15) is 6.42 Å². The van der Waals surface area contributed by atoms with Crippen molar-refractivity contribution in [3.05, 3.63) is 30.5 Å². The molecule has 1 saturated heterocycles. The summed E-state index contributed by atoms with van der Waals surface area (Å²) in [6, 6.07) is 5.76. The van der Waals surface area contributed by atoms with E-state index in [1.54, 1.807) is 30.5 Å². The first kappa shape index (κ1) is 23.2. The number of methoxy groups -OCH3 is 3. The third kappa shape index (κ3) is 5.17. The first-order chi connectivity index (χ1) is 16.5. The third-order valence-corrected chi connectivity index (χ3v) is 5.41. The number of aromatic nitrogens is 3. The van der Waals surface area contributed by atoms with Gasteiger partial charge in [0.1, 0.15) is 17.9 Å². The van der Waals surface area contributed by atoms with E-state index < -0.39 is 18.2 Å². The first-order valence-corrected chi connectivity index (χ1v) is 10.7. The molecule has 1 fully saturated rings. The number of nitrogens with zero attached hydrogens (tertiary/aromatic N) is 3. The second kappa shape index (κ2) is 10.3. The van der Waals surface area contributed by atoms with Crippen LogP contribution in [0.25, 0.3) is 11.2 Å². The molecule has 2 amide bonds. The van der Waals surface area contributed by atoms with Crippen molar-refractivity contribution in [3.63, 3.8) is 0 Å². The van der Waals surface area contributed by atoms with Gasteiger partial charge in [0.25, 0.3) is 0 Å². The average Bonchev–Trinajstić information content (AvgIpc) is 2.84. The molecular formula is C22H27FN7O4+. The number of benzene rings is 1. The van der Waals surface area contributed by atoms with Crippen LogP contribution in [0.15, 0.2) is 30.5 Å². The van der Waals surface area contributed by atoms with Crippen LogP contribution in [0, 0.1) is 0 Å². The van der Waals surface area contributed by atoms with Crippen LogP contribution in [-0.2, 0) is 0 Å². The first-order valence-electron chi connectivity index (χ1n) is 10.7. The van der Waals surface area contributed by atoms with Crippen molar-refractivity contribution < 1.29 is 28.7 Å². The topological polar surface area (TPSA) is 136 Å². The zero-order valence-electron chi connectivity index (χ0n) is 19.1. The number of quaternary nitrogens is 1. The molecular weight excluding hydrogens is 445 g/mol. The SMILES string of the molecule is COc1cc(Nc2cnc3ccc(NC(=O)NC4CC[NH2+]CC4F)nc3n2)cc(OC)c1OC. The standard InChI is InChI=1S/C22H26FN7O4/c1-32-16-8-12(9-17(33-2)20(16)34-3)26-19-11-25-15-4-5-18(28-21(15)29-19)30-22(31)27-14-6-7-24-10-13(14)23/h4-5,8-9,11,13-14,24H,6-7,10H2,1-3H3,(H3,26,27,28,29,30,31)/p+1. The van der Waals surface area contributed by atoms with Crippen molar-refractivity contribution in [1.29, 1.82) is 0 Å². The van der Waals surface area contributed by atoms with E-state index in [-0.39, 0.29) is 5.82 Å². The minimum atomic E-state index is -1.08. The third-order valence-electron chi connectivity index (χ3n) is 5.41. The Bertz CT molecular complexity index is 1150. The lowest BCUT2D eigenvalue weighted by Crippen LogP contribution is -2.90. The molecule has 1 aromatic carbocycles. The zero-order chi connectivity index (χ0) is 24.1. The molecule has 2 unspecified atom stereocenters. The van der Waals surface area contributed by atoms with E-state index in [1.807, 2.05) is 5.32 Å². The highest BCUT2D eigenvalue weighted by Gasteiger charge is 2.28. The van der Waals surface area contributed by atoms with Crippen LogP contribution < -0.4 is 35.5 Å². The summed E-state index contributed by atoms with van der Waals surface area (Å²) < 4.78 is 30.1. The predicted octanol–water partition coefficient (Wildman–Crippen LogP) is 1.59. The van der Waals surface area contributed by atoms with Crippen molar-refractivity contribution in [3.8, 4) is 17.2 Å². The molecule has 180 valence electrons. The molecule has 0 saturated carbocycles. The zero-order valence-corrected chi connectivity index (χ0v) is 19.1. The molecule has 4 rings (SSSR count). The van der Waals surface area contributed by atoms with Crippen LogP contribution in [-0.4, -0.2) is 67.6 Å². The number of nitrogens with one attached hydrogen (secondary N) is 3. The number of halogens is 1. The van der Waals surface area contributed by atoms with Crippen molar-refractivity contribution in [2.24, 2.45) is 0 Å². The lowest BCUT2D eigenvalue weighted by molar-refractivity contribution is -0.668. The Hall–Kier alpha value is -3.93. The summed E-state index contributed by atoms with van der Waals surface area (Å²) in [5, 5.41) is 10.4. The summed E-state index contributed by atoms with van der Waals surface area (Å²) in [5.74, 6) is 2.15. The van der Waals surface area contributed by atoms with Gasteiger partial charge >= 0.3 is 6.03 Å². The minimum absolute atomic E-state index is 0.280. The second-order valence-corrected chi connectivity index (χ2v) is 7.66. The number of piperidine rings is 1. The average molecular weight is 473 g/mol. The number of ether oxygens (including phenoxy) is 3. The molecule has 5 N–H and O–H groups in total. The molecule has 3 aromatic rings. The summed E-state index contributed by atoms with van der Waals surface area (Å²) in [6.07, 6.45) is 1.05. The molecule has 1 aliphatic rings. The smallest absolute Gasteiger partial charge is 0.320 e. The summed E-state index contributed by atoms with van der Waals surface area (Å²) in [6.45, 7) is 1.12. The van der Waals surface area contributed by atoms with Gasteiger partial charge in [-0.1, -0.05) is 0 Å². The van der Waals surface area contributed by atoms with Gasteiger partial charge in [0.2, 0.25) is 5.75 Å². The van der Waals surface area contributed by atoms with Crippen LogP contribution in [0.3, 0.4) is 0 Å². The quantitative estimate of drug-likeness (QED) is 0.407. The van der Waals surface area contributed by atoms with E-state index in [1.165, 1.54) is 21.3 Å². The number of pyridine rings is 1. The lowest BCUT2D eigenvalue weighted by Gasteiger charge is -2.25. The van der Waals surface area contributed by atoms with Gasteiger partial charge in [0, 0.05) is 24.2 Å². The van der Waals surface area contributed by atoms with Crippen LogP contribution in [0.2, 0.25) is 0 Å². The molecule has 11 nitrogen and oxygen atoms in total. The van der Waals surface area contributed by atoms with E-state index >= 15 is 0 Å². The number of anilines is 3. The maximum Gasteiger partial charge on any atom is 0.320 e. The van der Waals surface area contributed by atoms with E-state index in [9.17, 15) is 9.18 Å². The van der Waals surface area contributed by atoms with Crippen molar-refractivity contribution in [1.82, 2.24) is 20.3 Å². The van der Waals surface area contributed by atoms with Crippen molar-refractivity contribution in [2.45, 2.75) is 18.6 Å². The second-order valence-electron chi connectivity index (χ2n) is 7.66. The molecule has 3 heterocycles. The van der Waals surface area contributed by atoms with Gasteiger partial charge in [-0.15, -0.1) is 0 Å². The fraction of sp³-hybridized carbons (Fsp3) is 0.364. The molecule has 2 aromatic heterocycles. The Labute approximate surface area is 195 Å². The number of urea groups is 1. The monoisotopic (exact) mass is 472 g/mol. The summed E-state index contributed by atoms with van der Waals surface area (Å²) >= 11 is 0. The van der Waals surface area contributed by atoms with E-state index in [0.29, 0.717) is 52.9 Å². The van der Waals surface area contributed by atoms with Gasteiger partial charge in [-0.2, -0.15) is 0 Å².